The zero-order valence-corrected chi connectivity index (χ0v) is 15.4. The Morgan fingerprint density at radius 3 is 2.92 bits per heavy atom. The number of carbonyl (C=O) groups excluding carboxylic acids is 1. The maximum absolute atomic E-state index is 12.3. The van der Waals surface area contributed by atoms with Crippen molar-refractivity contribution in [2.24, 2.45) is 5.92 Å². The highest BCUT2D eigenvalue weighted by molar-refractivity contribution is 5.76. The quantitative estimate of drug-likeness (QED) is 0.864. The number of hydrogen-bond donors (Lipinski definition) is 2. The molecule has 2 heterocycles. The van der Waals surface area contributed by atoms with Crippen LogP contribution in [0, 0.1) is 19.8 Å². The summed E-state index contributed by atoms with van der Waals surface area (Å²) in [6.45, 7) is 6.41. The maximum atomic E-state index is 12.3. The van der Waals surface area contributed by atoms with Crippen molar-refractivity contribution in [3.05, 3.63) is 57.5 Å². The van der Waals surface area contributed by atoms with Crippen LogP contribution in [0.4, 0.5) is 5.69 Å². The third-order valence-electron chi connectivity index (χ3n) is 5.07. The number of anilines is 1. The smallest absolute Gasteiger partial charge is 0.266 e. The van der Waals surface area contributed by atoms with Crippen LogP contribution in [0.15, 0.2) is 35.3 Å². The molecule has 1 saturated heterocycles. The molecule has 1 aliphatic heterocycles. The molecule has 1 fully saturated rings. The number of nitrogens with zero attached hydrogens (tertiary/aromatic N) is 2. The second-order valence-corrected chi connectivity index (χ2v) is 7.16. The van der Waals surface area contributed by atoms with Gasteiger partial charge in [0.15, 0.2) is 0 Å². The second-order valence-electron chi connectivity index (χ2n) is 7.16. The summed E-state index contributed by atoms with van der Waals surface area (Å²) in [6, 6.07) is 7.84. The van der Waals surface area contributed by atoms with Crippen LogP contribution < -0.4 is 15.8 Å². The van der Waals surface area contributed by atoms with E-state index in [4.69, 9.17) is 0 Å². The van der Waals surface area contributed by atoms with E-state index in [1.54, 1.807) is 12.3 Å². The van der Waals surface area contributed by atoms with Crippen molar-refractivity contribution >= 4 is 11.6 Å². The monoisotopic (exact) mass is 354 g/mol. The fraction of sp³-hybridized carbons (Fsp3) is 0.450. The Morgan fingerprint density at radius 1 is 1.31 bits per heavy atom. The summed E-state index contributed by atoms with van der Waals surface area (Å²) < 4.78 is 0. The van der Waals surface area contributed by atoms with Crippen LogP contribution in [-0.2, 0) is 11.3 Å². The normalized spacial score (nSPS) is 17.2. The Labute approximate surface area is 153 Å². The summed E-state index contributed by atoms with van der Waals surface area (Å²) >= 11 is 0. The number of amides is 1. The van der Waals surface area contributed by atoms with Gasteiger partial charge >= 0.3 is 0 Å². The predicted molar refractivity (Wildman–Crippen MR) is 102 cm³/mol. The molecule has 1 aliphatic rings. The van der Waals surface area contributed by atoms with Crippen molar-refractivity contribution in [3.63, 3.8) is 0 Å². The van der Waals surface area contributed by atoms with Gasteiger partial charge in [0.05, 0.1) is 11.9 Å². The van der Waals surface area contributed by atoms with Crippen LogP contribution >= 0.6 is 0 Å². The molecule has 0 spiro atoms. The lowest BCUT2D eigenvalue weighted by Crippen LogP contribution is -2.38. The van der Waals surface area contributed by atoms with E-state index in [0.29, 0.717) is 18.9 Å². The first-order valence-electron chi connectivity index (χ1n) is 9.14. The highest BCUT2D eigenvalue weighted by Crippen LogP contribution is 2.23. The number of nitrogens with one attached hydrogen (secondary N) is 2. The number of hydrogen-bond acceptors (Lipinski definition) is 4. The Balaban J connectivity index is 1.52. The van der Waals surface area contributed by atoms with Crippen LogP contribution in [0.25, 0.3) is 0 Å². The van der Waals surface area contributed by atoms with Gasteiger partial charge in [-0.3, -0.25) is 9.59 Å². The molecule has 6 nitrogen and oxygen atoms in total. The van der Waals surface area contributed by atoms with Gasteiger partial charge in [-0.05, 0) is 49.3 Å². The molecule has 6 heteroatoms. The third kappa shape index (κ3) is 4.71. The molecule has 0 aliphatic carbocycles. The average molecular weight is 354 g/mol. The minimum absolute atomic E-state index is 0.0825. The van der Waals surface area contributed by atoms with Gasteiger partial charge < -0.3 is 10.2 Å². The first kappa shape index (κ1) is 18.2. The number of carbonyl (C=O) groups is 1. The van der Waals surface area contributed by atoms with Gasteiger partial charge in [-0.25, -0.2) is 5.10 Å². The second kappa shape index (κ2) is 8.17. The number of aryl methyl sites for hydroxylation is 2. The number of rotatable bonds is 5. The van der Waals surface area contributed by atoms with Crippen LogP contribution in [0.1, 0.15) is 36.0 Å². The molecule has 1 unspecified atom stereocenters. The van der Waals surface area contributed by atoms with Crippen molar-refractivity contribution in [3.8, 4) is 0 Å². The number of benzene rings is 1. The van der Waals surface area contributed by atoms with E-state index >= 15 is 0 Å². The summed E-state index contributed by atoms with van der Waals surface area (Å²) in [4.78, 5) is 25.9. The molecular weight excluding hydrogens is 328 g/mol. The van der Waals surface area contributed by atoms with E-state index in [1.165, 1.54) is 11.1 Å². The summed E-state index contributed by atoms with van der Waals surface area (Å²) in [6.07, 6.45) is 4.23. The minimum Gasteiger partial charge on any atom is -0.370 e. The summed E-state index contributed by atoms with van der Waals surface area (Å²) in [7, 11) is 0. The lowest BCUT2D eigenvalue weighted by Gasteiger charge is -2.33. The Bertz CT molecular complexity index is 831. The van der Waals surface area contributed by atoms with Gasteiger partial charge in [0.25, 0.3) is 5.56 Å². The van der Waals surface area contributed by atoms with E-state index in [9.17, 15) is 9.59 Å². The first-order valence-corrected chi connectivity index (χ1v) is 9.14. The van der Waals surface area contributed by atoms with E-state index in [2.05, 4.69) is 52.5 Å². The Kier molecular flexibility index (Phi) is 5.71. The highest BCUT2D eigenvalue weighted by atomic mass is 16.1. The molecule has 3 rings (SSSR count). The SMILES string of the molecule is Cc1ccc(CNC(=O)CC2CCCN(c3cn[nH]c(=O)c3)C2)cc1C. The molecule has 1 amide bonds. The van der Waals surface area contributed by atoms with E-state index in [1.807, 2.05) is 0 Å². The molecule has 138 valence electrons. The molecule has 26 heavy (non-hydrogen) atoms. The Hall–Kier alpha value is -2.63. The molecule has 1 aromatic carbocycles. The topological polar surface area (TPSA) is 78.1 Å². The number of piperidine rings is 1. The summed E-state index contributed by atoms with van der Waals surface area (Å²) in [5.74, 6) is 0.377. The molecule has 2 aromatic rings. The lowest BCUT2D eigenvalue weighted by atomic mass is 9.94. The van der Waals surface area contributed by atoms with Gasteiger partial charge in [0.1, 0.15) is 0 Å². The fourth-order valence-electron chi connectivity index (χ4n) is 3.45. The van der Waals surface area contributed by atoms with Gasteiger partial charge in [-0.2, -0.15) is 5.10 Å². The number of H-pyrrole nitrogens is 1. The van der Waals surface area contributed by atoms with Crippen LogP contribution in [-0.4, -0.2) is 29.2 Å². The molecule has 1 aromatic heterocycles. The van der Waals surface area contributed by atoms with Crippen LogP contribution in [0.2, 0.25) is 0 Å². The van der Waals surface area contributed by atoms with E-state index < -0.39 is 0 Å². The van der Waals surface area contributed by atoms with Crippen LogP contribution in [0.3, 0.4) is 0 Å². The van der Waals surface area contributed by atoms with Crippen molar-refractivity contribution in [1.82, 2.24) is 15.5 Å². The number of aromatic amines is 1. The van der Waals surface area contributed by atoms with Crippen molar-refractivity contribution in [2.75, 3.05) is 18.0 Å². The maximum Gasteiger partial charge on any atom is 0.266 e. The summed E-state index contributed by atoms with van der Waals surface area (Å²) in [5.41, 5.74) is 4.26. The van der Waals surface area contributed by atoms with Gasteiger partial charge in [-0.1, -0.05) is 18.2 Å². The number of aromatic nitrogens is 2. The van der Waals surface area contributed by atoms with Crippen molar-refractivity contribution < 1.29 is 4.79 Å². The van der Waals surface area contributed by atoms with E-state index in [-0.39, 0.29) is 11.5 Å². The fourth-order valence-corrected chi connectivity index (χ4v) is 3.45. The highest BCUT2D eigenvalue weighted by Gasteiger charge is 2.22. The molecule has 0 bridgehead atoms. The standard InChI is InChI=1S/C20H26N4O2/c1-14-5-6-16(8-15(14)2)11-21-19(25)9-17-4-3-7-24(13-17)18-10-20(26)23-22-12-18/h5-6,8,10,12,17H,3-4,7,9,11,13H2,1-2H3,(H,21,25)(H,23,26). The predicted octanol–water partition coefficient (Wildman–Crippen LogP) is 2.31. The first-order chi connectivity index (χ1) is 12.5. The van der Waals surface area contributed by atoms with Crippen molar-refractivity contribution in [1.29, 1.82) is 0 Å². The molecule has 0 radical (unpaired) electrons. The lowest BCUT2D eigenvalue weighted by molar-refractivity contribution is -0.122. The molecule has 1 atom stereocenters. The van der Waals surface area contributed by atoms with Gasteiger partial charge in [-0.15, -0.1) is 0 Å². The molecular formula is C20H26N4O2. The zero-order valence-electron chi connectivity index (χ0n) is 15.4. The largest absolute Gasteiger partial charge is 0.370 e. The Morgan fingerprint density at radius 2 is 2.15 bits per heavy atom. The average Bonchev–Trinajstić information content (AvgIpc) is 2.63. The third-order valence-corrected chi connectivity index (χ3v) is 5.07. The van der Waals surface area contributed by atoms with Crippen molar-refractivity contribution in [2.45, 2.75) is 39.7 Å². The van der Waals surface area contributed by atoms with E-state index in [0.717, 1.165) is 37.2 Å². The molecule has 2 N–H and O–H groups in total. The zero-order chi connectivity index (χ0) is 18.5. The summed E-state index contributed by atoms with van der Waals surface area (Å²) in [5, 5.41) is 9.29. The molecule has 0 saturated carbocycles. The van der Waals surface area contributed by atoms with Gasteiger partial charge in [0, 0.05) is 32.1 Å². The van der Waals surface area contributed by atoms with Crippen LogP contribution in [0.5, 0.6) is 0 Å². The van der Waals surface area contributed by atoms with Gasteiger partial charge in [0.2, 0.25) is 5.91 Å². The minimum atomic E-state index is -0.198.